The Labute approximate surface area is 244 Å². The minimum Gasteiger partial charge on any atom is -0.497 e. The first kappa shape index (κ1) is 30.8. The standard InChI is InChI=1S/C24H28N8O10S/c1-4-30-9-10-31(22(36)21(30)35)23(37)26-18(14-5-7-15(41-3)8-6-14)19(33)25-16-12-32(20(16)34)24(38)29-43(39,40)28-17-11-13(2)42-27-17/h5-8,11,16,18H,4,9-10,12H2,1-3H3,(H,25,33)(H,26,37)(H,27,28)(H,29,38)/t16-,18?/m1/s1. The predicted octanol–water partition coefficient (Wildman–Crippen LogP) is -1.17. The van der Waals surface area contributed by atoms with Gasteiger partial charge in [0.15, 0.2) is 5.82 Å². The zero-order valence-electron chi connectivity index (χ0n) is 23.1. The van der Waals surface area contributed by atoms with Crippen LogP contribution in [-0.2, 0) is 29.4 Å². The molecule has 0 saturated carbocycles. The van der Waals surface area contributed by atoms with Crippen molar-refractivity contribution < 1.29 is 46.4 Å². The number of hydrogen-bond acceptors (Lipinski definition) is 11. The van der Waals surface area contributed by atoms with Gasteiger partial charge in [-0.3, -0.25) is 29.0 Å². The molecule has 19 heteroatoms. The number of imide groups is 2. The molecule has 1 aromatic heterocycles. The second-order valence-corrected chi connectivity index (χ2v) is 10.8. The molecule has 2 aromatic rings. The lowest BCUT2D eigenvalue weighted by molar-refractivity contribution is -0.153. The number of β-lactam (4-membered cyclic amide) rings is 1. The Kier molecular flexibility index (Phi) is 8.83. The average Bonchev–Trinajstić information content (AvgIpc) is 3.37. The van der Waals surface area contributed by atoms with Gasteiger partial charge in [-0.25, -0.2) is 19.0 Å². The molecule has 18 nitrogen and oxygen atoms in total. The summed E-state index contributed by atoms with van der Waals surface area (Å²) >= 11 is 0. The van der Waals surface area contributed by atoms with E-state index in [0.29, 0.717) is 21.3 Å². The lowest BCUT2D eigenvalue weighted by Crippen LogP contribution is -2.68. The van der Waals surface area contributed by atoms with Gasteiger partial charge in [-0.15, -0.1) is 0 Å². The third-order valence-corrected chi connectivity index (χ3v) is 7.42. The number of amides is 8. The fraction of sp³-hybridized carbons (Fsp3) is 0.375. The Morgan fingerprint density at radius 2 is 1.77 bits per heavy atom. The summed E-state index contributed by atoms with van der Waals surface area (Å²) in [6, 6.07) is 2.30. The number of aromatic nitrogens is 1. The van der Waals surface area contributed by atoms with E-state index >= 15 is 0 Å². The second-order valence-electron chi connectivity index (χ2n) is 9.34. The summed E-state index contributed by atoms with van der Waals surface area (Å²) in [5.74, 6) is -3.15. The maximum Gasteiger partial charge on any atom is 0.339 e. The van der Waals surface area contributed by atoms with E-state index in [-0.39, 0.29) is 37.6 Å². The number of anilines is 1. The van der Waals surface area contributed by atoms with Crippen LogP contribution in [0, 0.1) is 6.92 Å². The highest BCUT2D eigenvalue weighted by molar-refractivity contribution is 7.91. The second kappa shape index (κ2) is 12.3. The number of hydrogen-bond donors (Lipinski definition) is 4. The first-order chi connectivity index (χ1) is 20.3. The molecule has 0 aliphatic carbocycles. The lowest BCUT2D eigenvalue weighted by Gasteiger charge is -2.37. The molecule has 230 valence electrons. The van der Waals surface area contributed by atoms with Crippen molar-refractivity contribution in [1.82, 2.24) is 35.2 Å². The SMILES string of the molecule is CCN1CCN(C(=O)NC(C(=O)N[C@@H]2CN(C(=O)NS(=O)(=O)Nc3cc(C)on3)C2=O)c2ccc(OC)cc2)C(=O)C1=O. The molecule has 1 aromatic carbocycles. The molecule has 2 saturated heterocycles. The molecule has 4 N–H and O–H groups in total. The summed E-state index contributed by atoms with van der Waals surface area (Å²) in [6.07, 6.45) is 0. The monoisotopic (exact) mass is 620 g/mol. The zero-order chi connectivity index (χ0) is 31.5. The van der Waals surface area contributed by atoms with E-state index in [9.17, 15) is 37.2 Å². The van der Waals surface area contributed by atoms with Crippen LogP contribution in [0.4, 0.5) is 15.4 Å². The fourth-order valence-electron chi connectivity index (χ4n) is 4.19. The van der Waals surface area contributed by atoms with Crippen molar-refractivity contribution in [2.75, 3.05) is 38.0 Å². The number of nitrogens with one attached hydrogen (secondary N) is 4. The third-order valence-electron chi connectivity index (χ3n) is 6.49. The molecule has 0 radical (unpaired) electrons. The van der Waals surface area contributed by atoms with E-state index in [4.69, 9.17) is 9.26 Å². The number of benzene rings is 1. The maximum atomic E-state index is 13.3. The van der Waals surface area contributed by atoms with Gasteiger partial charge in [-0.1, -0.05) is 17.3 Å². The molecular weight excluding hydrogens is 592 g/mol. The van der Waals surface area contributed by atoms with Crippen molar-refractivity contribution in [3.05, 3.63) is 41.7 Å². The molecule has 1 unspecified atom stereocenters. The maximum absolute atomic E-state index is 13.3. The molecule has 2 fully saturated rings. The Bertz CT molecular complexity index is 1560. The number of aryl methyl sites for hydroxylation is 1. The van der Waals surface area contributed by atoms with Crippen molar-refractivity contribution in [1.29, 1.82) is 0 Å². The van der Waals surface area contributed by atoms with Gasteiger partial charge >= 0.3 is 34.1 Å². The minimum absolute atomic E-state index is 0.0968. The van der Waals surface area contributed by atoms with Gasteiger partial charge in [0.1, 0.15) is 23.6 Å². The number of carbonyl (C=O) groups is 6. The van der Waals surface area contributed by atoms with Gasteiger partial charge in [-0.05, 0) is 31.5 Å². The molecule has 2 atom stereocenters. The Balaban J connectivity index is 1.41. The first-order valence-corrected chi connectivity index (χ1v) is 14.3. The van der Waals surface area contributed by atoms with Crippen molar-refractivity contribution in [2.24, 2.45) is 0 Å². The minimum atomic E-state index is -4.47. The van der Waals surface area contributed by atoms with Crippen molar-refractivity contribution >= 4 is 51.7 Å². The highest BCUT2D eigenvalue weighted by atomic mass is 32.2. The molecule has 2 aliphatic heterocycles. The number of piperazine rings is 1. The molecule has 4 rings (SSSR count). The largest absolute Gasteiger partial charge is 0.497 e. The van der Waals surface area contributed by atoms with E-state index in [2.05, 4.69) is 15.8 Å². The van der Waals surface area contributed by atoms with Gasteiger partial charge in [0, 0.05) is 25.7 Å². The predicted molar refractivity (Wildman–Crippen MR) is 144 cm³/mol. The number of carbonyl (C=O) groups excluding carboxylic acids is 6. The topological polar surface area (TPSA) is 230 Å². The van der Waals surface area contributed by atoms with Crippen LogP contribution in [0.2, 0.25) is 0 Å². The molecule has 3 heterocycles. The number of likely N-dealkylation sites (tertiary alicyclic amines) is 1. The molecule has 0 bridgehead atoms. The van der Waals surface area contributed by atoms with Gasteiger partial charge in [0.25, 0.3) is 5.91 Å². The number of methoxy groups -OCH3 is 1. The summed E-state index contributed by atoms with van der Waals surface area (Å²) < 4.78 is 37.9. The van der Waals surface area contributed by atoms with Gasteiger partial charge in [0.2, 0.25) is 5.91 Å². The lowest BCUT2D eigenvalue weighted by atomic mass is 10.0. The van der Waals surface area contributed by atoms with E-state index in [0.717, 1.165) is 0 Å². The Morgan fingerprint density at radius 3 is 2.35 bits per heavy atom. The molecule has 43 heavy (non-hydrogen) atoms. The van der Waals surface area contributed by atoms with Crippen LogP contribution in [0.15, 0.2) is 34.9 Å². The van der Waals surface area contributed by atoms with Crippen LogP contribution in [0.3, 0.4) is 0 Å². The van der Waals surface area contributed by atoms with Gasteiger partial charge in [-0.2, -0.15) is 8.42 Å². The summed E-state index contributed by atoms with van der Waals surface area (Å²) in [5, 5.41) is 8.27. The number of likely N-dealkylation sites (N-methyl/N-ethyl adjacent to an activating group) is 1. The quantitative estimate of drug-likeness (QED) is 0.193. The van der Waals surface area contributed by atoms with Crippen LogP contribution >= 0.6 is 0 Å². The highest BCUT2D eigenvalue weighted by Gasteiger charge is 2.44. The van der Waals surface area contributed by atoms with Crippen LogP contribution in [0.1, 0.15) is 24.3 Å². The van der Waals surface area contributed by atoms with Crippen molar-refractivity contribution in [3.8, 4) is 5.75 Å². The molecular formula is C24H28N8O10S. The van der Waals surface area contributed by atoms with Crippen LogP contribution in [-0.4, -0.2) is 103 Å². The molecule has 8 amide bonds. The summed E-state index contributed by atoms with van der Waals surface area (Å²) in [7, 11) is -3.04. The van der Waals surface area contributed by atoms with Crippen molar-refractivity contribution in [3.63, 3.8) is 0 Å². The van der Waals surface area contributed by atoms with Crippen LogP contribution in [0.5, 0.6) is 5.75 Å². The number of ether oxygens (including phenoxy) is 1. The smallest absolute Gasteiger partial charge is 0.339 e. The van der Waals surface area contributed by atoms with E-state index in [1.54, 1.807) is 11.6 Å². The van der Waals surface area contributed by atoms with Crippen LogP contribution < -0.4 is 24.8 Å². The number of urea groups is 2. The molecule has 0 spiro atoms. The zero-order valence-corrected chi connectivity index (χ0v) is 24.0. The van der Waals surface area contributed by atoms with Gasteiger partial charge in [0.05, 0.1) is 13.7 Å². The third kappa shape index (κ3) is 6.83. The highest BCUT2D eigenvalue weighted by Crippen LogP contribution is 2.21. The Hall–Kier alpha value is -5.20. The normalized spacial score (nSPS) is 17.6. The number of nitrogens with zero attached hydrogens (tertiary/aromatic N) is 4. The van der Waals surface area contributed by atoms with Crippen molar-refractivity contribution in [2.45, 2.75) is 25.9 Å². The van der Waals surface area contributed by atoms with E-state index in [1.807, 2.05) is 4.72 Å². The average molecular weight is 621 g/mol. The summed E-state index contributed by atoms with van der Waals surface area (Å²) in [4.78, 5) is 78.6. The van der Waals surface area contributed by atoms with E-state index in [1.165, 1.54) is 49.3 Å². The first-order valence-electron chi connectivity index (χ1n) is 12.8. The fourth-order valence-corrected chi connectivity index (χ4v) is 4.95. The number of rotatable bonds is 9. The van der Waals surface area contributed by atoms with E-state index < -0.39 is 58.0 Å². The summed E-state index contributed by atoms with van der Waals surface area (Å²) in [5.41, 5.74) is 0.249. The molecule has 2 aliphatic rings. The summed E-state index contributed by atoms with van der Waals surface area (Å²) in [6.45, 7) is 3.13. The van der Waals surface area contributed by atoms with Gasteiger partial charge < -0.3 is 24.8 Å². The Morgan fingerprint density at radius 1 is 1.07 bits per heavy atom. The van der Waals surface area contributed by atoms with Crippen LogP contribution in [0.25, 0.3) is 0 Å².